The van der Waals surface area contributed by atoms with E-state index in [1.54, 1.807) is 60.8 Å². The summed E-state index contributed by atoms with van der Waals surface area (Å²) in [6.07, 6.45) is 5.08. The highest BCUT2D eigenvalue weighted by Gasteiger charge is 2.35. The van der Waals surface area contributed by atoms with E-state index >= 15 is 0 Å². The zero-order valence-electron chi connectivity index (χ0n) is 48.3. The summed E-state index contributed by atoms with van der Waals surface area (Å²) in [6.45, 7) is 2.22. The Kier molecular flexibility index (Phi) is 25.3. The number of carbonyl (C=O) groups is 9. The van der Waals surface area contributed by atoms with Gasteiger partial charge in [-0.15, -0.1) is 0 Å². The van der Waals surface area contributed by atoms with E-state index in [9.17, 15) is 63.6 Å². The maximum absolute atomic E-state index is 14.6. The van der Waals surface area contributed by atoms with Gasteiger partial charge in [0.15, 0.2) is 0 Å². The van der Waals surface area contributed by atoms with Gasteiger partial charge in [-0.05, 0) is 90.7 Å². The van der Waals surface area contributed by atoms with Crippen LogP contribution in [0.3, 0.4) is 0 Å². The average molecular weight is 1200 g/mol. The van der Waals surface area contributed by atoms with Crippen LogP contribution in [0, 0.1) is 5.92 Å². The van der Waals surface area contributed by atoms with Crippen LogP contribution < -0.4 is 54.0 Å². The molecule has 0 spiro atoms. The molecular formula is C61H77N13O13. The van der Waals surface area contributed by atoms with E-state index in [1.807, 2.05) is 13.8 Å². The molecule has 0 aliphatic carbocycles. The number of benzene rings is 4. The number of imidazole rings is 1. The monoisotopic (exact) mass is 1200 g/mol. The van der Waals surface area contributed by atoms with Crippen molar-refractivity contribution in [1.82, 2.24) is 57.5 Å². The molecule has 0 radical (unpaired) electrons. The van der Waals surface area contributed by atoms with E-state index in [0.29, 0.717) is 58.2 Å². The van der Waals surface area contributed by atoms with Gasteiger partial charge in [-0.1, -0.05) is 86.6 Å². The molecule has 26 heteroatoms. The van der Waals surface area contributed by atoms with Crippen molar-refractivity contribution < 1.29 is 63.6 Å². The number of rotatable bonds is 34. The number of aromatic amines is 2. The molecule has 0 saturated heterocycles. The number of nitrogens with two attached hydrogens (primary N) is 2. The third-order valence-electron chi connectivity index (χ3n) is 14.2. The van der Waals surface area contributed by atoms with Crippen molar-refractivity contribution in [3.63, 3.8) is 0 Å². The molecule has 464 valence electrons. The topological polar surface area (TPSA) is 427 Å². The number of carboxylic acids is 1. The molecule has 8 amide bonds. The number of fused-ring (bicyclic) bond motifs is 1. The second-order valence-corrected chi connectivity index (χ2v) is 21.5. The SMILES string of the molecule is CC(C)C[C@@H](NC(=O)[C@@H](N)Cc1cnc[nH]1)C(=O)N[C@@H](Cc1ccccc1)C(=O)NCC(=O)N[C@@H](Cc1ccc(O)cc1)C(=O)N[C@@H](CO)C(=O)N[C@@H](Cc1c[nH]c2ccccc12)C(=O)N[C@@H](Cc1ccc(O)cc1)C(=O)N[C@@H](CCCCN)C(=O)O. The van der Waals surface area contributed by atoms with E-state index < -0.39 is 115 Å². The van der Waals surface area contributed by atoms with Gasteiger partial charge in [0.1, 0.15) is 53.8 Å². The molecule has 6 rings (SSSR count). The number of aliphatic carboxylic acids is 1. The molecule has 87 heavy (non-hydrogen) atoms. The number of carbonyl (C=O) groups excluding carboxylic acids is 8. The lowest BCUT2D eigenvalue weighted by Gasteiger charge is -2.27. The summed E-state index contributed by atoms with van der Waals surface area (Å²) in [5, 5.41) is 62.1. The van der Waals surface area contributed by atoms with Gasteiger partial charge in [0.2, 0.25) is 47.3 Å². The Bertz CT molecular complexity index is 3250. The number of H-pyrrole nitrogens is 2. The van der Waals surface area contributed by atoms with Crippen molar-refractivity contribution in [3.05, 3.63) is 150 Å². The van der Waals surface area contributed by atoms with Crippen molar-refractivity contribution >= 4 is 64.1 Å². The maximum atomic E-state index is 14.6. The normalized spacial score (nSPS) is 14.0. The van der Waals surface area contributed by atoms with Gasteiger partial charge >= 0.3 is 5.97 Å². The summed E-state index contributed by atoms with van der Waals surface area (Å²) in [5.74, 6) is -8.46. The molecule has 18 N–H and O–H groups in total. The summed E-state index contributed by atoms with van der Waals surface area (Å²) in [4.78, 5) is 135. The number of para-hydroxylation sites is 1. The van der Waals surface area contributed by atoms with Gasteiger partial charge in [-0.2, -0.15) is 0 Å². The molecule has 26 nitrogen and oxygen atoms in total. The lowest BCUT2D eigenvalue weighted by atomic mass is 10.0. The zero-order valence-corrected chi connectivity index (χ0v) is 48.3. The lowest BCUT2D eigenvalue weighted by molar-refractivity contribution is -0.142. The van der Waals surface area contributed by atoms with E-state index in [-0.39, 0.29) is 62.4 Å². The number of aliphatic hydroxyl groups excluding tert-OH is 1. The number of phenols is 2. The van der Waals surface area contributed by atoms with Gasteiger partial charge in [0, 0.05) is 61.1 Å². The average Bonchev–Trinajstić information content (AvgIpc) is 4.20. The van der Waals surface area contributed by atoms with Crippen LogP contribution in [0.1, 0.15) is 67.5 Å². The predicted octanol–water partition coefficient (Wildman–Crippen LogP) is -0.0954. The van der Waals surface area contributed by atoms with E-state index in [4.69, 9.17) is 11.5 Å². The summed E-state index contributed by atoms with van der Waals surface area (Å²) < 4.78 is 0. The molecule has 0 bridgehead atoms. The number of phenolic OH excluding ortho intramolecular Hbond substituents is 2. The highest BCUT2D eigenvalue weighted by atomic mass is 16.4. The molecule has 0 aliphatic heterocycles. The van der Waals surface area contributed by atoms with Crippen LogP contribution in [0.4, 0.5) is 0 Å². The number of hydrogen-bond acceptors (Lipinski definition) is 15. The van der Waals surface area contributed by atoms with Gasteiger partial charge in [0.25, 0.3) is 0 Å². The third-order valence-corrected chi connectivity index (χ3v) is 14.2. The summed E-state index contributed by atoms with van der Waals surface area (Å²) >= 11 is 0. The Labute approximate surface area is 501 Å². The molecule has 0 fully saturated rings. The Morgan fingerprint density at radius 2 is 1.03 bits per heavy atom. The molecule has 0 unspecified atom stereocenters. The summed E-state index contributed by atoms with van der Waals surface area (Å²) in [7, 11) is 0. The van der Waals surface area contributed by atoms with Crippen molar-refractivity contribution in [1.29, 1.82) is 0 Å². The van der Waals surface area contributed by atoms with Gasteiger partial charge in [-0.3, -0.25) is 38.4 Å². The fourth-order valence-corrected chi connectivity index (χ4v) is 9.49. The van der Waals surface area contributed by atoms with Crippen LogP contribution in [0.5, 0.6) is 11.5 Å². The number of aromatic hydroxyl groups is 2. The molecule has 2 heterocycles. The quantitative estimate of drug-likeness (QED) is 0.0235. The minimum atomic E-state index is -1.78. The van der Waals surface area contributed by atoms with Crippen LogP contribution >= 0.6 is 0 Å². The Morgan fingerprint density at radius 1 is 0.540 bits per heavy atom. The van der Waals surface area contributed by atoms with E-state index in [2.05, 4.69) is 57.5 Å². The molecule has 2 aromatic heterocycles. The molecule has 6 aromatic rings. The number of unbranched alkanes of at least 4 members (excludes halogenated alkanes) is 1. The first-order valence-electron chi connectivity index (χ1n) is 28.5. The van der Waals surface area contributed by atoms with Crippen LogP contribution in [-0.4, -0.2) is 157 Å². The Hall–Kier alpha value is -9.66. The Balaban J connectivity index is 1.19. The number of nitrogens with one attached hydrogen (secondary N) is 10. The maximum Gasteiger partial charge on any atom is 0.326 e. The standard InChI is InChI=1S/C61H77N13O13/c1-35(2)24-47(70-54(79)44(63)29-40-31-64-34-67-40)56(81)71-48(25-36-10-4-3-5-11-36)55(80)66-32-53(78)68-49(26-37-15-19-41(76)20-16-37)57(82)74-52(33-75)60(85)73-51(28-39-30-65-45-13-7-6-12-43(39)45)59(84)72-50(27-38-17-21-42(77)22-18-38)58(83)69-46(61(86)87)14-8-9-23-62/h3-7,10-13,15-22,30-31,34-35,44,46-52,65,75-77H,8-9,14,23-29,32-33,62-63H2,1-2H3,(H,64,67)(H,66,80)(H,68,78)(H,69,83)(H,70,79)(H,71,81)(H,72,84)(H,73,85)(H,74,82)(H,86,87)/t44-,46-,47+,48-,49-,50-,51-,52-/m0/s1. The first-order chi connectivity index (χ1) is 41.7. The molecule has 0 aliphatic rings. The van der Waals surface area contributed by atoms with Crippen LogP contribution in [0.15, 0.2) is 122 Å². The number of aromatic nitrogens is 3. The van der Waals surface area contributed by atoms with E-state index in [1.165, 1.54) is 61.1 Å². The van der Waals surface area contributed by atoms with Crippen molar-refractivity contribution in [2.45, 2.75) is 120 Å². The van der Waals surface area contributed by atoms with Crippen molar-refractivity contribution in [2.24, 2.45) is 17.4 Å². The third kappa shape index (κ3) is 21.1. The molecular weight excluding hydrogens is 1120 g/mol. The molecule has 4 aromatic carbocycles. The summed E-state index contributed by atoms with van der Waals surface area (Å²) in [6, 6.07) is 16.1. The largest absolute Gasteiger partial charge is 0.508 e. The predicted molar refractivity (Wildman–Crippen MR) is 320 cm³/mol. The zero-order chi connectivity index (χ0) is 63.0. The highest BCUT2D eigenvalue weighted by molar-refractivity contribution is 5.98. The van der Waals surface area contributed by atoms with Gasteiger partial charge in [0.05, 0.1) is 25.5 Å². The van der Waals surface area contributed by atoms with Gasteiger partial charge in [-0.25, -0.2) is 9.78 Å². The number of hydrogen-bond donors (Lipinski definition) is 16. The fourth-order valence-electron chi connectivity index (χ4n) is 9.49. The summed E-state index contributed by atoms with van der Waals surface area (Å²) in [5.41, 5.74) is 15.2. The second-order valence-electron chi connectivity index (χ2n) is 21.5. The lowest BCUT2D eigenvalue weighted by Crippen LogP contribution is -2.60. The minimum absolute atomic E-state index is 0.0353. The van der Waals surface area contributed by atoms with E-state index in [0.717, 1.165) is 0 Å². The number of nitrogens with zero attached hydrogens (tertiary/aromatic N) is 1. The fraction of sp³-hybridized carbons (Fsp3) is 0.377. The molecule has 8 atom stereocenters. The minimum Gasteiger partial charge on any atom is -0.508 e. The van der Waals surface area contributed by atoms with Crippen molar-refractivity contribution in [2.75, 3.05) is 19.7 Å². The first kappa shape index (κ1) is 66.5. The van der Waals surface area contributed by atoms with Crippen molar-refractivity contribution in [3.8, 4) is 11.5 Å². The van der Waals surface area contributed by atoms with Gasteiger partial charge < -0.3 is 84.4 Å². The number of aliphatic hydroxyl groups is 1. The van der Waals surface area contributed by atoms with Crippen LogP contribution in [0.2, 0.25) is 0 Å². The smallest absolute Gasteiger partial charge is 0.326 e. The van der Waals surface area contributed by atoms with Crippen LogP contribution in [-0.2, 0) is 75.3 Å². The number of carboxylic acid groups (broad SMARTS) is 1. The molecule has 0 saturated carbocycles. The first-order valence-corrected chi connectivity index (χ1v) is 28.5. The number of amides is 8. The Morgan fingerprint density at radius 3 is 1.59 bits per heavy atom. The highest BCUT2D eigenvalue weighted by Crippen LogP contribution is 2.21. The second kappa shape index (κ2) is 33.1. The van der Waals surface area contributed by atoms with Crippen LogP contribution in [0.25, 0.3) is 10.9 Å².